The maximum atomic E-state index is 13.4. The summed E-state index contributed by atoms with van der Waals surface area (Å²) in [4.78, 5) is 53.9. The van der Waals surface area contributed by atoms with Crippen LogP contribution in [0, 0.1) is 0 Å². The van der Waals surface area contributed by atoms with Gasteiger partial charge in [0.15, 0.2) is 0 Å². The van der Waals surface area contributed by atoms with Gasteiger partial charge in [-0.1, -0.05) is 54.4 Å². The quantitative estimate of drug-likeness (QED) is 0.0692. The lowest BCUT2D eigenvalue weighted by molar-refractivity contribution is -0.114. The molecule has 8 nitrogen and oxygen atoms in total. The van der Waals surface area contributed by atoms with Gasteiger partial charge < -0.3 is 20.7 Å². The molecule has 46 heavy (non-hydrogen) atoms. The van der Waals surface area contributed by atoms with E-state index in [-0.39, 0.29) is 17.4 Å². The molecule has 236 valence electrons. The average Bonchev–Trinajstić information content (AvgIpc) is 3.22. The van der Waals surface area contributed by atoms with Crippen molar-refractivity contribution < 1.29 is 23.9 Å². The van der Waals surface area contributed by atoms with Crippen LogP contribution < -0.4 is 16.0 Å². The first-order valence-electron chi connectivity index (χ1n) is 14.7. The number of rotatable bonds is 10. The summed E-state index contributed by atoms with van der Waals surface area (Å²) >= 11 is 8.89. The minimum Gasteiger partial charge on any atom is -0.465 e. The van der Waals surface area contributed by atoms with Gasteiger partial charge in [0.2, 0.25) is 5.91 Å². The average molecular weight is 674 g/mol. The molecular weight excluding hydrogens is 642 g/mol. The van der Waals surface area contributed by atoms with E-state index in [0.29, 0.717) is 32.4 Å². The van der Waals surface area contributed by atoms with Gasteiger partial charge in [0.25, 0.3) is 11.8 Å². The monoisotopic (exact) mass is 673 g/mol. The van der Waals surface area contributed by atoms with Gasteiger partial charge in [-0.25, -0.2) is 4.79 Å². The summed E-state index contributed by atoms with van der Waals surface area (Å²) < 4.78 is 5.04. The summed E-state index contributed by atoms with van der Waals surface area (Å²) in [5, 5.41) is 9.50. The number of thiophene rings is 1. The zero-order valence-corrected chi connectivity index (χ0v) is 27.5. The van der Waals surface area contributed by atoms with Crippen molar-refractivity contribution in [2.45, 2.75) is 37.0 Å². The molecule has 0 bridgehead atoms. The van der Waals surface area contributed by atoms with Crippen LogP contribution in [0.15, 0.2) is 89.5 Å². The second kappa shape index (κ2) is 15.8. The number of anilines is 2. The molecule has 0 aliphatic heterocycles. The van der Waals surface area contributed by atoms with E-state index in [1.54, 1.807) is 78.9 Å². The number of benzene rings is 3. The zero-order chi connectivity index (χ0) is 32.5. The molecule has 1 aromatic heterocycles. The number of nitrogens with one attached hydrogen (secondary N) is 3. The third kappa shape index (κ3) is 8.66. The van der Waals surface area contributed by atoms with Crippen molar-refractivity contribution in [3.05, 3.63) is 117 Å². The maximum Gasteiger partial charge on any atom is 0.341 e. The number of methoxy groups -OCH3 is 1. The van der Waals surface area contributed by atoms with Gasteiger partial charge in [0.1, 0.15) is 10.7 Å². The minimum atomic E-state index is -0.531. The number of amides is 3. The Morgan fingerprint density at radius 2 is 1.70 bits per heavy atom. The molecule has 1 aliphatic carbocycles. The van der Waals surface area contributed by atoms with E-state index < -0.39 is 17.8 Å². The summed E-state index contributed by atoms with van der Waals surface area (Å²) in [5.74, 6) is -1.56. The molecule has 4 aromatic rings. The lowest BCUT2D eigenvalue weighted by Gasteiger charge is -2.12. The van der Waals surface area contributed by atoms with Crippen LogP contribution in [-0.4, -0.2) is 36.6 Å². The second-order valence-electron chi connectivity index (χ2n) is 10.5. The molecule has 3 aromatic carbocycles. The molecule has 1 heterocycles. The summed E-state index contributed by atoms with van der Waals surface area (Å²) in [5.41, 5.74) is 3.01. The van der Waals surface area contributed by atoms with Crippen LogP contribution in [0.3, 0.4) is 0 Å². The Bertz CT molecular complexity index is 1790. The highest BCUT2D eigenvalue weighted by Gasteiger charge is 2.26. The molecule has 1 aliphatic rings. The number of thioether (sulfide) groups is 1. The molecular formula is C35H32ClN3O5S2. The number of halogens is 1. The Morgan fingerprint density at radius 3 is 2.48 bits per heavy atom. The fourth-order valence-corrected chi connectivity index (χ4v) is 7.28. The van der Waals surface area contributed by atoms with E-state index in [9.17, 15) is 19.2 Å². The lowest BCUT2D eigenvalue weighted by Crippen LogP contribution is -2.30. The predicted molar refractivity (Wildman–Crippen MR) is 185 cm³/mol. The van der Waals surface area contributed by atoms with Crippen LogP contribution in [0.5, 0.6) is 0 Å². The van der Waals surface area contributed by atoms with Crippen molar-refractivity contribution in [3.8, 4) is 0 Å². The zero-order valence-electron chi connectivity index (χ0n) is 25.1. The van der Waals surface area contributed by atoms with Crippen molar-refractivity contribution in [3.63, 3.8) is 0 Å². The molecule has 3 N–H and O–H groups in total. The first kappa shape index (κ1) is 33.0. The Morgan fingerprint density at radius 1 is 0.913 bits per heavy atom. The number of hydrogen-bond donors (Lipinski definition) is 3. The van der Waals surface area contributed by atoms with Gasteiger partial charge >= 0.3 is 5.97 Å². The lowest BCUT2D eigenvalue weighted by atomic mass is 10.1. The Balaban J connectivity index is 1.26. The number of carbonyl (C=O) groups excluding carboxylic acids is 4. The van der Waals surface area contributed by atoms with Gasteiger partial charge in [0.05, 0.1) is 18.4 Å². The van der Waals surface area contributed by atoms with Gasteiger partial charge in [-0.2, -0.15) is 0 Å². The van der Waals surface area contributed by atoms with E-state index in [4.69, 9.17) is 16.3 Å². The van der Waals surface area contributed by atoms with Crippen LogP contribution in [0.2, 0.25) is 5.02 Å². The van der Waals surface area contributed by atoms with Crippen LogP contribution in [-0.2, 0) is 27.2 Å². The fraction of sp³-hybridized carbons (Fsp3) is 0.200. The number of hydrogen-bond acceptors (Lipinski definition) is 7. The number of aryl methyl sites for hydroxylation is 1. The standard InChI is InChI=1S/C35H32ClN3O5S2/c1-44-35(43)31-27-16-6-3-7-17-29(27)46-34(31)39-30(40)21-45-26-15-9-14-25(20-26)37-33(42)28(19-22-10-8-13-24(36)18-22)38-32(41)23-11-4-2-5-12-23/h2,4-5,8-15,18-20H,3,6-7,16-17,21H2,1H3,(H,37,42)(H,38,41)(H,39,40)/b28-19-. The topological polar surface area (TPSA) is 114 Å². The number of fused-ring (bicyclic) bond motifs is 1. The summed E-state index contributed by atoms with van der Waals surface area (Å²) in [6.45, 7) is 0. The summed E-state index contributed by atoms with van der Waals surface area (Å²) in [7, 11) is 1.35. The SMILES string of the molecule is COC(=O)c1c(NC(=O)CSc2cccc(NC(=O)/C(=C/c3cccc(Cl)c3)NC(=O)c3ccccc3)c2)sc2c1CCCCC2. The molecule has 11 heteroatoms. The van der Waals surface area contributed by atoms with E-state index in [2.05, 4.69) is 16.0 Å². The molecule has 3 amide bonds. The van der Waals surface area contributed by atoms with Crippen molar-refractivity contribution in [2.24, 2.45) is 0 Å². The van der Waals surface area contributed by atoms with Crippen LogP contribution in [0.4, 0.5) is 10.7 Å². The van der Waals surface area contributed by atoms with Crippen LogP contribution >= 0.6 is 34.7 Å². The van der Waals surface area contributed by atoms with Crippen LogP contribution in [0.1, 0.15) is 56.0 Å². The first-order chi connectivity index (χ1) is 22.3. The van der Waals surface area contributed by atoms with E-state index in [1.807, 2.05) is 6.07 Å². The molecule has 5 rings (SSSR count). The highest BCUT2D eigenvalue weighted by Crippen LogP contribution is 2.38. The van der Waals surface area contributed by atoms with E-state index in [0.717, 1.165) is 47.4 Å². The smallest absolute Gasteiger partial charge is 0.341 e. The van der Waals surface area contributed by atoms with E-state index >= 15 is 0 Å². The molecule has 0 spiro atoms. The third-order valence-corrected chi connectivity index (χ3v) is 9.65. The molecule has 0 radical (unpaired) electrons. The van der Waals surface area contributed by atoms with E-state index in [1.165, 1.54) is 30.2 Å². The predicted octanol–water partition coefficient (Wildman–Crippen LogP) is 7.60. The molecule has 0 unspecified atom stereocenters. The first-order valence-corrected chi connectivity index (χ1v) is 16.9. The molecule has 0 saturated carbocycles. The number of esters is 1. The van der Waals surface area contributed by atoms with Gasteiger partial charge in [-0.15, -0.1) is 23.1 Å². The normalized spacial score (nSPS) is 12.8. The van der Waals surface area contributed by atoms with Crippen molar-refractivity contribution in [1.82, 2.24) is 5.32 Å². The maximum absolute atomic E-state index is 13.4. The highest BCUT2D eigenvalue weighted by atomic mass is 35.5. The highest BCUT2D eigenvalue weighted by molar-refractivity contribution is 8.00. The summed E-state index contributed by atoms with van der Waals surface area (Å²) in [6.07, 6.45) is 6.41. The largest absolute Gasteiger partial charge is 0.465 e. The van der Waals surface area contributed by atoms with Crippen molar-refractivity contribution in [2.75, 3.05) is 23.5 Å². The Kier molecular flexibility index (Phi) is 11.3. The van der Waals surface area contributed by atoms with Gasteiger partial charge in [0, 0.05) is 26.0 Å². The van der Waals surface area contributed by atoms with Crippen LogP contribution in [0.25, 0.3) is 6.08 Å². The van der Waals surface area contributed by atoms with Gasteiger partial charge in [-0.3, -0.25) is 14.4 Å². The molecule has 0 fully saturated rings. The van der Waals surface area contributed by atoms with Crippen molar-refractivity contribution >= 4 is 75.2 Å². The van der Waals surface area contributed by atoms with Gasteiger partial charge in [-0.05, 0) is 85.4 Å². The van der Waals surface area contributed by atoms with Crippen molar-refractivity contribution in [1.29, 1.82) is 0 Å². The third-order valence-electron chi connectivity index (χ3n) is 7.21. The minimum absolute atomic E-state index is 0.0318. The number of ether oxygens (including phenoxy) is 1. The number of carbonyl (C=O) groups is 4. The second-order valence-corrected chi connectivity index (χ2v) is 13.1. The fourth-order valence-electron chi connectivity index (χ4n) is 5.03. The molecule has 0 saturated heterocycles. The summed E-state index contributed by atoms with van der Waals surface area (Å²) in [6, 6.07) is 22.6. The molecule has 0 atom stereocenters. The Labute approximate surface area is 280 Å². The Hall–Kier alpha value is -4.38.